The van der Waals surface area contributed by atoms with Gasteiger partial charge in [0, 0.05) is 30.7 Å². The van der Waals surface area contributed by atoms with Crippen LogP contribution in [0.15, 0.2) is 47.4 Å². The quantitative estimate of drug-likeness (QED) is 0.780. The highest BCUT2D eigenvalue weighted by Gasteiger charge is 2.17. The van der Waals surface area contributed by atoms with E-state index in [4.69, 9.17) is 16.3 Å². The lowest BCUT2D eigenvalue weighted by Gasteiger charge is -2.23. The molecule has 26 heavy (non-hydrogen) atoms. The van der Waals surface area contributed by atoms with Gasteiger partial charge in [-0.05, 0) is 48.9 Å². The molecule has 140 valence electrons. The van der Waals surface area contributed by atoms with E-state index >= 15 is 0 Å². The lowest BCUT2D eigenvalue weighted by atomic mass is 10.2. The minimum Gasteiger partial charge on any atom is -0.497 e. The van der Waals surface area contributed by atoms with Gasteiger partial charge in [-0.1, -0.05) is 17.7 Å². The SMILES string of the molecule is COc1ccc(S(=O)(=O)NCCN(C(C)=O)c2cc(Cl)ccc2C)cc1. The average molecular weight is 397 g/mol. The summed E-state index contributed by atoms with van der Waals surface area (Å²) in [4.78, 5) is 13.6. The predicted octanol–water partition coefficient (Wildman–Crippen LogP) is 2.99. The highest BCUT2D eigenvalue weighted by molar-refractivity contribution is 7.89. The highest BCUT2D eigenvalue weighted by Crippen LogP contribution is 2.24. The largest absolute Gasteiger partial charge is 0.497 e. The summed E-state index contributed by atoms with van der Waals surface area (Å²) in [7, 11) is -2.17. The molecule has 6 nitrogen and oxygen atoms in total. The van der Waals surface area contributed by atoms with Crippen LogP contribution in [-0.2, 0) is 14.8 Å². The van der Waals surface area contributed by atoms with Crippen molar-refractivity contribution in [1.82, 2.24) is 4.72 Å². The van der Waals surface area contributed by atoms with Crippen molar-refractivity contribution in [1.29, 1.82) is 0 Å². The van der Waals surface area contributed by atoms with E-state index in [2.05, 4.69) is 4.72 Å². The highest BCUT2D eigenvalue weighted by atomic mass is 35.5. The third-order valence-corrected chi connectivity index (χ3v) is 5.55. The van der Waals surface area contributed by atoms with Crippen molar-refractivity contribution in [3.8, 4) is 5.75 Å². The molecule has 0 radical (unpaired) electrons. The Hall–Kier alpha value is -2.09. The molecule has 0 spiro atoms. The lowest BCUT2D eigenvalue weighted by Crippen LogP contribution is -2.37. The molecule has 0 saturated carbocycles. The molecule has 2 rings (SSSR count). The van der Waals surface area contributed by atoms with E-state index in [0.717, 1.165) is 5.56 Å². The summed E-state index contributed by atoms with van der Waals surface area (Å²) in [5.41, 5.74) is 1.54. The zero-order chi connectivity index (χ0) is 19.3. The number of carbonyl (C=O) groups excluding carboxylic acids is 1. The second kappa shape index (κ2) is 8.53. The second-order valence-electron chi connectivity index (χ2n) is 5.67. The number of carbonyl (C=O) groups is 1. The first-order chi connectivity index (χ1) is 12.2. The fraction of sp³-hybridized carbons (Fsp3) is 0.278. The summed E-state index contributed by atoms with van der Waals surface area (Å²) in [6.45, 7) is 3.55. The van der Waals surface area contributed by atoms with E-state index in [-0.39, 0.29) is 23.9 Å². The van der Waals surface area contributed by atoms with E-state index in [0.29, 0.717) is 16.5 Å². The minimum absolute atomic E-state index is 0.0693. The summed E-state index contributed by atoms with van der Waals surface area (Å²) in [6.07, 6.45) is 0. The van der Waals surface area contributed by atoms with Crippen LogP contribution in [-0.4, -0.2) is 34.5 Å². The van der Waals surface area contributed by atoms with Gasteiger partial charge in [-0.15, -0.1) is 0 Å². The summed E-state index contributed by atoms with van der Waals surface area (Å²) < 4.78 is 32.3. The Labute approximate surface area is 158 Å². The van der Waals surface area contributed by atoms with Gasteiger partial charge in [0.2, 0.25) is 15.9 Å². The number of ether oxygens (including phenoxy) is 1. The number of halogens is 1. The summed E-state index contributed by atoms with van der Waals surface area (Å²) in [5, 5.41) is 0.510. The van der Waals surface area contributed by atoms with Gasteiger partial charge < -0.3 is 9.64 Å². The number of anilines is 1. The van der Waals surface area contributed by atoms with Gasteiger partial charge in [0.1, 0.15) is 5.75 Å². The number of methoxy groups -OCH3 is 1. The first-order valence-electron chi connectivity index (χ1n) is 7.92. The summed E-state index contributed by atoms with van der Waals surface area (Å²) in [6, 6.07) is 11.3. The van der Waals surface area contributed by atoms with Crippen molar-refractivity contribution in [2.45, 2.75) is 18.7 Å². The Morgan fingerprint density at radius 3 is 2.42 bits per heavy atom. The Bertz CT molecular complexity index is 883. The van der Waals surface area contributed by atoms with Crippen LogP contribution in [0.2, 0.25) is 5.02 Å². The Morgan fingerprint density at radius 1 is 1.19 bits per heavy atom. The smallest absolute Gasteiger partial charge is 0.240 e. The molecule has 0 aliphatic carbocycles. The molecule has 0 aliphatic rings. The zero-order valence-corrected chi connectivity index (χ0v) is 16.4. The van der Waals surface area contributed by atoms with Crippen LogP contribution < -0.4 is 14.4 Å². The molecule has 0 aliphatic heterocycles. The second-order valence-corrected chi connectivity index (χ2v) is 7.88. The molecule has 0 heterocycles. The van der Waals surface area contributed by atoms with Gasteiger partial charge in [0.05, 0.1) is 12.0 Å². The summed E-state index contributed by atoms with van der Waals surface area (Å²) >= 11 is 6.02. The molecular weight excluding hydrogens is 376 g/mol. The van der Waals surface area contributed by atoms with Crippen LogP contribution >= 0.6 is 11.6 Å². The number of amides is 1. The van der Waals surface area contributed by atoms with Crippen LogP contribution in [0.1, 0.15) is 12.5 Å². The van der Waals surface area contributed by atoms with Gasteiger partial charge in [-0.25, -0.2) is 13.1 Å². The topological polar surface area (TPSA) is 75.7 Å². The van der Waals surface area contributed by atoms with Crippen molar-refractivity contribution < 1.29 is 17.9 Å². The van der Waals surface area contributed by atoms with Crippen molar-refractivity contribution in [3.63, 3.8) is 0 Å². The van der Waals surface area contributed by atoms with Gasteiger partial charge in [-0.2, -0.15) is 0 Å². The minimum atomic E-state index is -3.68. The average Bonchev–Trinajstić information content (AvgIpc) is 2.61. The molecule has 0 fully saturated rings. The molecule has 1 N–H and O–H groups in total. The van der Waals surface area contributed by atoms with Gasteiger partial charge in [0.25, 0.3) is 0 Å². The first kappa shape index (κ1) is 20.2. The molecule has 8 heteroatoms. The lowest BCUT2D eigenvalue weighted by molar-refractivity contribution is -0.116. The maximum absolute atomic E-state index is 12.4. The Balaban J connectivity index is 2.09. The fourth-order valence-corrected chi connectivity index (χ4v) is 3.64. The third kappa shape index (κ3) is 4.97. The predicted molar refractivity (Wildman–Crippen MR) is 102 cm³/mol. The molecule has 0 unspecified atom stereocenters. The molecule has 2 aromatic carbocycles. The molecule has 0 saturated heterocycles. The molecule has 2 aromatic rings. The van der Waals surface area contributed by atoms with Crippen LogP contribution in [0.25, 0.3) is 0 Å². The van der Waals surface area contributed by atoms with E-state index in [1.54, 1.807) is 24.3 Å². The molecule has 0 bridgehead atoms. The molecule has 1 amide bonds. The number of hydrogen-bond acceptors (Lipinski definition) is 4. The number of rotatable bonds is 7. The fourth-order valence-electron chi connectivity index (χ4n) is 2.45. The Kier molecular flexibility index (Phi) is 6.63. The maximum atomic E-state index is 12.4. The van der Waals surface area contributed by atoms with Crippen molar-refractivity contribution >= 4 is 33.2 Å². The van der Waals surface area contributed by atoms with Crippen LogP contribution in [0, 0.1) is 6.92 Å². The molecule has 0 aromatic heterocycles. The zero-order valence-electron chi connectivity index (χ0n) is 14.8. The monoisotopic (exact) mass is 396 g/mol. The number of benzene rings is 2. The van der Waals surface area contributed by atoms with Crippen LogP contribution in [0.3, 0.4) is 0 Å². The van der Waals surface area contributed by atoms with Crippen molar-refractivity contribution in [3.05, 3.63) is 53.1 Å². The van der Waals surface area contributed by atoms with E-state index < -0.39 is 10.0 Å². The molecule has 0 atom stereocenters. The number of nitrogens with one attached hydrogen (secondary N) is 1. The number of hydrogen-bond donors (Lipinski definition) is 1. The van der Waals surface area contributed by atoms with Gasteiger partial charge in [0.15, 0.2) is 0 Å². The van der Waals surface area contributed by atoms with Crippen LogP contribution in [0.4, 0.5) is 5.69 Å². The normalized spacial score (nSPS) is 11.2. The Morgan fingerprint density at radius 2 is 1.85 bits per heavy atom. The number of aryl methyl sites for hydroxylation is 1. The van der Waals surface area contributed by atoms with E-state index in [1.165, 1.54) is 31.1 Å². The van der Waals surface area contributed by atoms with Crippen LogP contribution in [0.5, 0.6) is 5.75 Å². The first-order valence-corrected chi connectivity index (χ1v) is 9.78. The number of sulfonamides is 1. The summed E-state index contributed by atoms with van der Waals surface area (Å²) in [5.74, 6) is 0.377. The third-order valence-electron chi connectivity index (χ3n) is 3.84. The molecular formula is C18H21ClN2O4S. The van der Waals surface area contributed by atoms with E-state index in [9.17, 15) is 13.2 Å². The standard InChI is InChI=1S/C18H21ClN2O4S/c1-13-4-5-15(19)12-18(13)21(14(2)22)11-10-20-26(23,24)17-8-6-16(25-3)7-9-17/h4-9,12,20H,10-11H2,1-3H3. The maximum Gasteiger partial charge on any atom is 0.240 e. The van der Waals surface area contributed by atoms with Gasteiger partial charge in [-0.3, -0.25) is 4.79 Å². The van der Waals surface area contributed by atoms with Gasteiger partial charge >= 0.3 is 0 Å². The number of nitrogens with zero attached hydrogens (tertiary/aromatic N) is 1. The van der Waals surface area contributed by atoms with Crippen molar-refractivity contribution in [2.24, 2.45) is 0 Å². The van der Waals surface area contributed by atoms with Crippen molar-refractivity contribution in [2.75, 3.05) is 25.1 Å². The van der Waals surface area contributed by atoms with E-state index in [1.807, 2.05) is 13.0 Å².